The van der Waals surface area contributed by atoms with E-state index in [9.17, 15) is 4.79 Å². The molecule has 2 aliphatic rings. The molecule has 0 saturated carbocycles. The second-order valence-corrected chi connectivity index (χ2v) is 11.6. The number of likely N-dealkylation sites (tertiary alicyclic amines) is 1. The summed E-state index contributed by atoms with van der Waals surface area (Å²) in [4.78, 5) is 28.3. The molecule has 4 rings (SSSR count). The summed E-state index contributed by atoms with van der Waals surface area (Å²) in [5.74, 6) is 0.936. The molecule has 4 N–H and O–H groups in total. The topological polar surface area (TPSA) is 120 Å². The number of carbonyl (C=O) groups is 1. The first kappa shape index (κ1) is 31.6. The Bertz CT molecular complexity index is 1160. The van der Waals surface area contributed by atoms with E-state index >= 15 is 0 Å². The number of anilines is 2. The number of nitrogens with one attached hydrogen (secondary N) is 1. The minimum atomic E-state index is -0.503. The van der Waals surface area contributed by atoms with Crippen LogP contribution in [0.1, 0.15) is 62.0 Å². The Hall–Kier alpha value is -2.37. The van der Waals surface area contributed by atoms with Gasteiger partial charge in [0.25, 0.3) is 5.91 Å². The smallest absolute Gasteiger partial charge is 0.273 e. The van der Waals surface area contributed by atoms with Crippen molar-refractivity contribution in [3.8, 4) is 5.75 Å². The Morgan fingerprint density at radius 1 is 1.17 bits per heavy atom. The summed E-state index contributed by atoms with van der Waals surface area (Å²) < 4.78 is 6.06. The highest BCUT2D eigenvalue weighted by atomic mass is 35.5. The molecule has 2 fully saturated rings. The van der Waals surface area contributed by atoms with Crippen molar-refractivity contribution >= 4 is 40.7 Å². The lowest BCUT2D eigenvalue weighted by Gasteiger charge is -2.47. The number of amides is 1. The van der Waals surface area contributed by atoms with Crippen molar-refractivity contribution in [2.75, 3.05) is 63.1 Å². The van der Waals surface area contributed by atoms with E-state index in [0.717, 1.165) is 77.1 Å². The van der Waals surface area contributed by atoms with Gasteiger partial charge in [0.15, 0.2) is 22.5 Å². The van der Waals surface area contributed by atoms with Crippen molar-refractivity contribution < 1.29 is 14.6 Å². The van der Waals surface area contributed by atoms with E-state index in [2.05, 4.69) is 49.9 Å². The molecule has 2 aliphatic heterocycles. The second kappa shape index (κ2) is 15.2. The zero-order valence-electron chi connectivity index (χ0n) is 24.1. The molecule has 0 unspecified atom stereocenters. The van der Waals surface area contributed by atoms with Gasteiger partial charge in [-0.1, -0.05) is 49.5 Å². The number of nitrogens with two attached hydrogens (primary N) is 1. The lowest BCUT2D eigenvalue weighted by molar-refractivity contribution is 0.0608. The Kier molecular flexibility index (Phi) is 11.7. The van der Waals surface area contributed by atoms with Gasteiger partial charge in [-0.3, -0.25) is 14.6 Å². The summed E-state index contributed by atoms with van der Waals surface area (Å²) in [7, 11) is 0. The molecule has 12 heteroatoms. The van der Waals surface area contributed by atoms with Crippen LogP contribution in [0.5, 0.6) is 5.75 Å². The number of rotatable bonds is 12. The average Bonchev–Trinajstić information content (AvgIpc) is 2.98. The van der Waals surface area contributed by atoms with Gasteiger partial charge in [0.1, 0.15) is 5.75 Å². The minimum absolute atomic E-state index is 0.0251. The van der Waals surface area contributed by atoms with Crippen LogP contribution in [0.15, 0.2) is 18.2 Å². The van der Waals surface area contributed by atoms with Crippen LogP contribution in [0, 0.1) is 0 Å². The largest absolute Gasteiger partial charge is 0.493 e. The number of benzene rings is 1. The molecule has 2 aromatic rings. The van der Waals surface area contributed by atoms with E-state index in [4.69, 9.17) is 38.8 Å². The minimum Gasteiger partial charge on any atom is -0.493 e. The fourth-order valence-corrected chi connectivity index (χ4v) is 6.12. The van der Waals surface area contributed by atoms with Crippen molar-refractivity contribution in [3.63, 3.8) is 0 Å². The number of piperazine rings is 1. The van der Waals surface area contributed by atoms with Gasteiger partial charge in [-0.15, -0.1) is 0 Å². The molecule has 0 aliphatic carbocycles. The Balaban J connectivity index is 1.34. The van der Waals surface area contributed by atoms with Gasteiger partial charge in [0, 0.05) is 55.4 Å². The number of ether oxygens (including phenoxy) is 1. The van der Waals surface area contributed by atoms with Gasteiger partial charge in [-0.25, -0.2) is 9.97 Å². The number of hydrogen-bond acceptors (Lipinski definition) is 9. The fourth-order valence-electron chi connectivity index (χ4n) is 5.72. The van der Waals surface area contributed by atoms with Crippen LogP contribution in [-0.2, 0) is 6.54 Å². The number of carbonyl (C=O) groups excluding carboxylic acids is 1. The lowest BCUT2D eigenvalue weighted by Crippen LogP contribution is -2.58. The molecule has 1 amide bonds. The van der Waals surface area contributed by atoms with Gasteiger partial charge in [-0.05, 0) is 50.9 Å². The van der Waals surface area contributed by atoms with Gasteiger partial charge < -0.3 is 25.8 Å². The highest BCUT2D eigenvalue weighted by Crippen LogP contribution is 2.31. The van der Waals surface area contributed by atoms with E-state index in [-0.39, 0.29) is 29.8 Å². The molecule has 1 aromatic carbocycles. The zero-order chi connectivity index (χ0) is 29.4. The van der Waals surface area contributed by atoms with Crippen molar-refractivity contribution in [2.45, 2.75) is 64.6 Å². The SMILES string of the molecule is CCCCOc1cc(Cl)ccc1CN1CCC(N2CCN(c3nc(N)c(C(=O)NCCO)nc3Cl)C[C@@H]2CC)CC1. The Morgan fingerprint density at radius 2 is 1.95 bits per heavy atom. The van der Waals surface area contributed by atoms with Gasteiger partial charge >= 0.3 is 0 Å². The number of nitrogen functional groups attached to an aromatic ring is 1. The third-order valence-corrected chi connectivity index (χ3v) is 8.47. The molecule has 0 radical (unpaired) electrons. The Morgan fingerprint density at radius 3 is 2.66 bits per heavy atom. The van der Waals surface area contributed by atoms with E-state index < -0.39 is 5.91 Å². The fraction of sp³-hybridized carbons (Fsp3) is 0.621. The maximum absolute atomic E-state index is 12.3. The number of unbranched alkanes of at least 4 members (excludes halogenated alkanes) is 1. The molecule has 3 heterocycles. The summed E-state index contributed by atoms with van der Waals surface area (Å²) in [5.41, 5.74) is 7.25. The molecule has 1 aromatic heterocycles. The summed E-state index contributed by atoms with van der Waals surface area (Å²) >= 11 is 12.8. The van der Waals surface area contributed by atoms with Crippen LogP contribution >= 0.6 is 23.2 Å². The van der Waals surface area contributed by atoms with Crippen molar-refractivity contribution in [3.05, 3.63) is 39.6 Å². The third kappa shape index (κ3) is 8.14. The number of aliphatic hydroxyl groups is 1. The number of piperidine rings is 1. The standard InChI is InChI=1S/C29H43Cl2N7O3/c1-3-5-16-41-24-17-21(30)7-6-20(24)18-36-11-8-23(9-12-36)38-14-13-37(19-22(38)4-2)28-26(31)34-25(27(32)35-28)29(40)33-10-15-39/h6-7,17,22-23,39H,3-5,8-16,18-19H2,1-2H3,(H2,32,35)(H,33,40)/t22-/m0/s1. The van der Waals surface area contributed by atoms with Crippen LogP contribution in [0.3, 0.4) is 0 Å². The number of halogens is 2. The monoisotopic (exact) mass is 607 g/mol. The maximum Gasteiger partial charge on any atom is 0.273 e. The predicted octanol–water partition coefficient (Wildman–Crippen LogP) is 3.83. The second-order valence-electron chi connectivity index (χ2n) is 10.8. The van der Waals surface area contributed by atoms with Crippen LogP contribution < -0.4 is 20.7 Å². The number of hydrogen-bond donors (Lipinski definition) is 3. The molecular weight excluding hydrogens is 565 g/mol. The van der Waals surface area contributed by atoms with Crippen molar-refractivity contribution in [1.29, 1.82) is 0 Å². The molecular formula is C29H43Cl2N7O3. The first-order chi connectivity index (χ1) is 19.8. The summed E-state index contributed by atoms with van der Waals surface area (Å²) in [6, 6.07) is 6.85. The van der Waals surface area contributed by atoms with E-state index in [1.54, 1.807) is 0 Å². The molecule has 10 nitrogen and oxygen atoms in total. The summed E-state index contributed by atoms with van der Waals surface area (Å²) in [6.07, 6.45) is 5.36. The molecule has 0 bridgehead atoms. The quantitative estimate of drug-likeness (QED) is 0.309. The Labute approximate surface area is 253 Å². The van der Waals surface area contributed by atoms with Crippen LogP contribution in [-0.4, -0.2) is 95.3 Å². The normalized spacial score (nSPS) is 19.0. The number of aliphatic hydroxyl groups excluding tert-OH is 1. The van der Waals surface area contributed by atoms with E-state index in [1.165, 1.54) is 5.56 Å². The third-order valence-electron chi connectivity index (χ3n) is 7.98. The molecule has 2 saturated heterocycles. The van der Waals surface area contributed by atoms with Gasteiger partial charge in [-0.2, -0.15) is 0 Å². The first-order valence-corrected chi connectivity index (χ1v) is 15.5. The molecule has 0 spiro atoms. The average molecular weight is 609 g/mol. The molecule has 41 heavy (non-hydrogen) atoms. The first-order valence-electron chi connectivity index (χ1n) is 14.7. The van der Waals surface area contributed by atoms with Crippen LogP contribution in [0.4, 0.5) is 11.6 Å². The molecule has 1 atom stereocenters. The van der Waals surface area contributed by atoms with Crippen molar-refractivity contribution in [1.82, 2.24) is 25.1 Å². The van der Waals surface area contributed by atoms with Crippen LogP contribution in [0.25, 0.3) is 0 Å². The van der Waals surface area contributed by atoms with Crippen molar-refractivity contribution in [2.24, 2.45) is 0 Å². The van der Waals surface area contributed by atoms with Gasteiger partial charge in [0.2, 0.25) is 0 Å². The van der Waals surface area contributed by atoms with Gasteiger partial charge in [0.05, 0.1) is 13.2 Å². The molecule has 226 valence electrons. The van der Waals surface area contributed by atoms with E-state index in [0.29, 0.717) is 29.5 Å². The highest BCUT2D eigenvalue weighted by molar-refractivity contribution is 6.32. The number of aromatic nitrogens is 2. The van der Waals surface area contributed by atoms with Crippen LogP contribution in [0.2, 0.25) is 10.2 Å². The zero-order valence-corrected chi connectivity index (χ0v) is 25.6. The number of nitrogens with zero attached hydrogens (tertiary/aromatic N) is 5. The lowest BCUT2D eigenvalue weighted by atomic mass is 9.97. The summed E-state index contributed by atoms with van der Waals surface area (Å²) in [6.45, 7) is 10.4. The van der Waals surface area contributed by atoms with E-state index in [1.807, 2.05) is 12.1 Å². The highest BCUT2D eigenvalue weighted by Gasteiger charge is 2.34. The predicted molar refractivity (Wildman–Crippen MR) is 164 cm³/mol. The summed E-state index contributed by atoms with van der Waals surface area (Å²) in [5, 5.41) is 12.4. The maximum atomic E-state index is 12.3.